The van der Waals surface area contributed by atoms with Crippen molar-refractivity contribution in [2.24, 2.45) is 0 Å². The second-order valence-electron chi connectivity index (χ2n) is 3.42. The zero-order chi connectivity index (χ0) is 12.0. The molecule has 0 fully saturated rings. The molecule has 1 rings (SSSR count). The van der Waals surface area contributed by atoms with Gasteiger partial charge in [0.1, 0.15) is 0 Å². The van der Waals surface area contributed by atoms with Crippen LogP contribution >= 0.6 is 11.8 Å². The third-order valence-corrected chi connectivity index (χ3v) is 3.36. The predicted octanol–water partition coefficient (Wildman–Crippen LogP) is 2.23. The van der Waals surface area contributed by atoms with Crippen LogP contribution in [0.15, 0.2) is 29.2 Å². The number of hydrogen-bond donors (Lipinski definition) is 1. The van der Waals surface area contributed by atoms with Crippen molar-refractivity contribution in [3.63, 3.8) is 0 Å². The number of thioether (sulfide) groups is 1. The first-order chi connectivity index (χ1) is 7.67. The molecule has 0 saturated heterocycles. The Morgan fingerprint density at radius 2 is 1.81 bits per heavy atom. The number of nitrogens with zero attached hydrogens (tertiary/aromatic N) is 1. The van der Waals surface area contributed by atoms with Crippen LogP contribution in [0.4, 0.5) is 5.69 Å². The van der Waals surface area contributed by atoms with Gasteiger partial charge in [0.2, 0.25) is 5.91 Å². The van der Waals surface area contributed by atoms with E-state index in [0.29, 0.717) is 5.75 Å². The summed E-state index contributed by atoms with van der Waals surface area (Å²) < 4.78 is 0. The van der Waals surface area contributed by atoms with E-state index in [4.69, 9.17) is 5.73 Å². The van der Waals surface area contributed by atoms with E-state index >= 15 is 0 Å². The Balaban J connectivity index is 2.45. The summed E-state index contributed by atoms with van der Waals surface area (Å²) in [6.07, 6.45) is 0. The quantitative estimate of drug-likeness (QED) is 0.632. The van der Waals surface area contributed by atoms with Gasteiger partial charge in [0, 0.05) is 23.7 Å². The van der Waals surface area contributed by atoms with Crippen molar-refractivity contribution in [2.45, 2.75) is 18.7 Å². The molecular weight excluding hydrogens is 220 g/mol. The highest BCUT2D eigenvalue weighted by molar-refractivity contribution is 8.00. The van der Waals surface area contributed by atoms with Gasteiger partial charge in [0.05, 0.1) is 5.75 Å². The first-order valence-electron chi connectivity index (χ1n) is 5.43. The van der Waals surface area contributed by atoms with Gasteiger partial charge in [-0.25, -0.2) is 0 Å². The van der Waals surface area contributed by atoms with E-state index in [9.17, 15) is 4.79 Å². The standard InChI is InChI=1S/C12H18N2OS/c1-3-14(4-2)12(15)9-16-11-7-5-10(13)6-8-11/h5-8H,3-4,9,13H2,1-2H3. The van der Waals surface area contributed by atoms with E-state index in [1.165, 1.54) is 0 Å². The molecule has 2 N–H and O–H groups in total. The first kappa shape index (κ1) is 12.9. The third-order valence-electron chi connectivity index (χ3n) is 2.36. The normalized spacial score (nSPS) is 10.1. The summed E-state index contributed by atoms with van der Waals surface area (Å²) in [5, 5.41) is 0. The number of hydrogen-bond acceptors (Lipinski definition) is 3. The summed E-state index contributed by atoms with van der Waals surface area (Å²) in [7, 11) is 0. The van der Waals surface area contributed by atoms with Crippen LogP contribution in [0.3, 0.4) is 0 Å². The van der Waals surface area contributed by atoms with E-state index in [0.717, 1.165) is 23.7 Å². The molecule has 4 heteroatoms. The molecule has 0 unspecified atom stereocenters. The number of benzene rings is 1. The minimum atomic E-state index is 0.187. The molecule has 0 heterocycles. The molecular formula is C12H18N2OS. The fourth-order valence-corrected chi connectivity index (χ4v) is 2.18. The van der Waals surface area contributed by atoms with Gasteiger partial charge < -0.3 is 10.6 Å². The smallest absolute Gasteiger partial charge is 0.232 e. The predicted molar refractivity (Wildman–Crippen MR) is 69.5 cm³/mol. The average molecular weight is 238 g/mol. The van der Waals surface area contributed by atoms with Crippen molar-refractivity contribution in [2.75, 3.05) is 24.6 Å². The van der Waals surface area contributed by atoms with Gasteiger partial charge in [0.15, 0.2) is 0 Å². The van der Waals surface area contributed by atoms with E-state index in [1.807, 2.05) is 43.0 Å². The van der Waals surface area contributed by atoms with Crippen LogP contribution in [-0.2, 0) is 4.79 Å². The number of anilines is 1. The second-order valence-corrected chi connectivity index (χ2v) is 4.47. The number of amides is 1. The number of nitrogens with two attached hydrogens (primary N) is 1. The molecule has 0 aliphatic carbocycles. The van der Waals surface area contributed by atoms with Gasteiger partial charge in [-0.05, 0) is 38.1 Å². The zero-order valence-electron chi connectivity index (χ0n) is 9.77. The lowest BCUT2D eigenvalue weighted by atomic mass is 10.3. The summed E-state index contributed by atoms with van der Waals surface area (Å²) in [5.41, 5.74) is 6.34. The Morgan fingerprint density at radius 3 is 2.31 bits per heavy atom. The maximum atomic E-state index is 11.7. The van der Waals surface area contributed by atoms with Gasteiger partial charge in [-0.3, -0.25) is 4.79 Å². The van der Waals surface area contributed by atoms with E-state index in [-0.39, 0.29) is 5.91 Å². The van der Waals surface area contributed by atoms with E-state index in [1.54, 1.807) is 11.8 Å². The molecule has 0 spiro atoms. The molecule has 88 valence electrons. The number of nitrogen functional groups attached to an aromatic ring is 1. The first-order valence-corrected chi connectivity index (χ1v) is 6.42. The summed E-state index contributed by atoms with van der Waals surface area (Å²) >= 11 is 1.55. The summed E-state index contributed by atoms with van der Waals surface area (Å²) in [6.45, 7) is 5.54. The molecule has 0 aliphatic rings. The minimum absolute atomic E-state index is 0.187. The van der Waals surface area contributed by atoms with E-state index in [2.05, 4.69) is 0 Å². The van der Waals surface area contributed by atoms with Gasteiger partial charge in [0.25, 0.3) is 0 Å². The Kier molecular flexibility index (Phi) is 5.19. The maximum absolute atomic E-state index is 11.7. The summed E-state index contributed by atoms with van der Waals surface area (Å²) in [6, 6.07) is 7.58. The molecule has 1 amide bonds. The molecule has 0 radical (unpaired) electrons. The lowest BCUT2D eigenvalue weighted by Crippen LogP contribution is -2.31. The lowest BCUT2D eigenvalue weighted by Gasteiger charge is -2.18. The van der Waals surface area contributed by atoms with Crippen molar-refractivity contribution in [3.8, 4) is 0 Å². The van der Waals surface area contributed by atoms with Gasteiger partial charge in [-0.15, -0.1) is 11.8 Å². The van der Waals surface area contributed by atoms with Crippen molar-refractivity contribution in [3.05, 3.63) is 24.3 Å². The molecule has 16 heavy (non-hydrogen) atoms. The largest absolute Gasteiger partial charge is 0.399 e. The van der Waals surface area contributed by atoms with Gasteiger partial charge in [-0.1, -0.05) is 0 Å². The number of carbonyl (C=O) groups excluding carboxylic acids is 1. The fourth-order valence-electron chi connectivity index (χ4n) is 1.38. The summed E-state index contributed by atoms with van der Waals surface area (Å²) in [5.74, 6) is 0.679. The number of carbonyl (C=O) groups is 1. The highest BCUT2D eigenvalue weighted by Crippen LogP contribution is 2.19. The average Bonchev–Trinajstić information content (AvgIpc) is 2.30. The maximum Gasteiger partial charge on any atom is 0.232 e. The minimum Gasteiger partial charge on any atom is -0.399 e. The molecule has 0 bridgehead atoms. The molecule has 1 aromatic rings. The highest BCUT2D eigenvalue weighted by Gasteiger charge is 2.09. The molecule has 1 aromatic carbocycles. The Bertz CT molecular complexity index is 333. The molecule has 0 aromatic heterocycles. The van der Waals surface area contributed by atoms with Crippen molar-refractivity contribution in [1.29, 1.82) is 0 Å². The summed E-state index contributed by atoms with van der Waals surface area (Å²) in [4.78, 5) is 14.6. The second kappa shape index (κ2) is 6.43. The molecule has 0 saturated carbocycles. The van der Waals surface area contributed by atoms with Crippen LogP contribution in [0.25, 0.3) is 0 Å². The Hall–Kier alpha value is -1.16. The van der Waals surface area contributed by atoms with Crippen LogP contribution in [0.2, 0.25) is 0 Å². The fraction of sp³-hybridized carbons (Fsp3) is 0.417. The van der Waals surface area contributed by atoms with Crippen molar-refractivity contribution in [1.82, 2.24) is 4.90 Å². The van der Waals surface area contributed by atoms with Crippen molar-refractivity contribution >= 4 is 23.4 Å². The highest BCUT2D eigenvalue weighted by atomic mass is 32.2. The van der Waals surface area contributed by atoms with Crippen LogP contribution in [0, 0.1) is 0 Å². The molecule has 0 aliphatic heterocycles. The monoisotopic (exact) mass is 238 g/mol. The van der Waals surface area contributed by atoms with Crippen LogP contribution < -0.4 is 5.73 Å². The van der Waals surface area contributed by atoms with Gasteiger partial charge >= 0.3 is 0 Å². The third kappa shape index (κ3) is 3.77. The molecule has 0 atom stereocenters. The van der Waals surface area contributed by atoms with Crippen LogP contribution in [0.1, 0.15) is 13.8 Å². The topological polar surface area (TPSA) is 46.3 Å². The zero-order valence-corrected chi connectivity index (χ0v) is 10.6. The SMILES string of the molecule is CCN(CC)C(=O)CSc1ccc(N)cc1. The Labute approximate surface area is 101 Å². The van der Waals surface area contributed by atoms with Gasteiger partial charge in [-0.2, -0.15) is 0 Å². The molecule has 3 nitrogen and oxygen atoms in total. The number of rotatable bonds is 5. The van der Waals surface area contributed by atoms with Crippen LogP contribution in [-0.4, -0.2) is 29.6 Å². The van der Waals surface area contributed by atoms with Crippen LogP contribution in [0.5, 0.6) is 0 Å². The lowest BCUT2D eigenvalue weighted by molar-refractivity contribution is -0.127. The van der Waals surface area contributed by atoms with Crippen molar-refractivity contribution < 1.29 is 4.79 Å². The Morgan fingerprint density at radius 1 is 1.25 bits per heavy atom. The van der Waals surface area contributed by atoms with E-state index < -0.39 is 0 Å².